The molecule has 0 aliphatic heterocycles. The van der Waals surface area contributed by atoms with Gasteiger partial charge in [0.2, 0.25) is 0 Å². The van der Waals surface area contributed by atoms with Crippen LogP contribution in [-0.2, 0) is 0 Å². The molecule has 0 aliphatic rings. The average molecular weight is 261 g/mol. The Hall–Kier alpha value is -2.44. The predicted octanol–water partition coefficient (Wildman–Crippen LogP) is 2.22. The van der Waals surface area contributed by atoms with Gasteiger partial charge in [-0.25, -0.2) is 9.97 Å². The maximum atomic E-state index is 11.0. The molecule has 0 radical (unpaired) electrons. The number of nitrogens with one attached hydrogen (secondary N) is 1. The third kappa shape index (κ3) is 2.54. The minimum atomic E-state index is -0.425. The summed E-state index contributed by atoms with van der Waals surface area (Å²) in [5, 5.41) is 13.9. The van der Waals surface area contributed by atoms with E-state index in [0.29, 0.717) is 18.2 Å². The summed E-state index contributed by atoms with van der Waals surface area (Å²) in [6.45, 7) is 6.34. The first-order chi connectivity index (χ1) is 9.02. The van der Waals surface area contributed by atoms with Crippen LogP contribution in [0, 0.1) is 24.0 Å². The van der Waals surface area contributed by atoms with E-state index in [4.69, 9.17) is 0 Å². The summed E-state index contributed by atoms with van der Waals surface area (Å²) >= 11 is 0. The molecule has 0 aromatic carbocycles. The molecule has 0 spiro atoms. The Kier molecular flexibility index (Phi) is 3.46. The van der Waals surface area contributed by atoms with Crippen LogP contribution in [0.15, 0.2) is 18.5 Å². The lowest BCUT2D eigenvalue weighted by atomic mass is 10.3. The molecule has 2 aromatic heterocycles. The molecule has 1 N–H and O–H groups in total. The summed E-state index contributed by atoms with van der Waals surface area (Å²) in [5.74, 6) is 0.973. The monoisotopic (exact) mass is 261 g/mol. The molecule has 0 aliphatic carbocycles. The molecule has 0 unspecified atom stereocenters. The first-order valence-electron chi connectivity index (χ1n) is 5.94. The van der Waals surface area contributed by atoms with Crippen LogP contribution >= 0.6 is 0 Å². The maximum Gasteiger partial charge on any atom is 0.276 e. The van der Waals surface area contributed by atoms with E-state index in [1.54, 1.807) is 10.9 Å². The summed E-state index contributed by atoms with van der Waals surface area (Å²) in [7, 11) is 0. The Bertz CT molecular complexity index is 621. The van der Waals surface area contributed by atoms with Crippen molar-refractivity contribution >= 4 is 11.5 Å². The molecule has 0 saturated heterocycles. The highest BCUT2D eigenvalue weighted by Gasteiger charge is 2.14. The van der Waals surface area contributed by atoms with Crippen LogP contribution in [0.4, 0.5) is 11.5 Å². The topological polar surface area (TPSA) is 85.9 Å². The van der Waals surface area contributed by atoms with Crippen LogP contribution in [0.5, 0.6) is 0 Å². The van der Waals surface area contributed by atoms with Crippen LogP contribution in [-0.4, -0.2) is 26.0 Å². The van der Waals surface area contributed by atoms with E-state index in [9.17, 15) is 10.1 Å². The van der Waals surface area contributed by atoms with Gasteiger partial charge < -0.3 is 5.32 Å². The zero-order chi connectivity index (χ0) is 14.0. The van der Waals surface area contributed by atoms with E-state index in [-0.39, 0.29) is 5.69 Å². The quantitative estimate of drug-likeness (QED) is 0.673. The second-order valence-corrected chi connectivity index (χ2v) is 4.14. The Morgan fingerprint density at radius 1 is 1.42 bits per heavy atom. The summed E-state index contributed by atoms with van der Waals surface area (Å²) in [6.07, 6.45) is 1.62. The third-order valence-corrected chi connectivity index (χ3v) is 2.86. The SMILES string of the molecule is CCNc1cc([N+](=O)[O-])cc(-n2cnc(C)c2C)n1. The fourth-order valence-electron chi connectivity index (χ4n) is 1.73. The van der Waals surface area contributed by atoms with E-state index in [1.165, 1.54) is 12.1 Å². The van der Waals surface area contributed by atoms with Crippen molar-refractivity contribution in [1.82, 2.24) is 14.5 Å². The zero-order valence-electron chi connectivity index (χ0n) is 11.0. The number of rotatable bonds is 4. The Balaban J connectivity index is 2.56. The number of aromatic nitrogens is 3. The smallest absolute Gasteiger partial charge is 0.276 e. The normalized spacial score (nSPS) is 10.5. The van der Waals surface area contributed by atoms with Gasteiger partial charge in [0.05, 0.1) is 22.7 Å². The highest BCUT2D eigenvalue weighted by atomic mass is 16.6. The van der Waals surface area contributed by atoms with Crippen LogP contribution in [0.2, 0.25) is 0 Å². The van der Waals surface area contributed by atoms with Gasteiger partial charge in [-0.05, 0) is 20.8 Å². The molecule has 2 heterocycles. The number of nitro groups is 1. The van der Waals surface area contributed by atoms with Crippen LogP contribution in [0.25, 0.3) is 5.82 Å². The molecule has 0 atom stereocenters. The minimum absolute atomic E-state index is 0.00621. The fraction of sp³-hybridized carbons (Fsp3) is 0.333. The number of nitrogens with zero attached hydrogens (tertiary/aromatic N) is 4. The summed E-state index contributed by atoms with van der Waals surface area (Å²) in [5.41, 5.74) is 1.79. The van der Waals surface area contributed by atoms with Crippen LogP contribution < -0.4 is 5.32 Å². The first-order valence-corrected chi connectivity index (χ1v) is 5.94. The lowest BCUT2D eigenvalue weighted by molar-refractivity contribution is -0.384. The summed E-state index contributed by atoms with van der Waals surface area (Å²) in [6, 6.07) is 2.86. The Morgan fingerprint density at radius 3 is 2.68 bits per heavy atom. The van der Waals surface area contributed by atoms with Crippen molar-refractivity contribution in [2.75, 3.05) is 11.9 Å². The zero-order valence-corrected chi connectivity index (χ0v) is 11.0. The number of hydrogen-bond acceptors (Lipinski definition) is 5. The maximum absolute atomic E-state index is 11.0. The third-order valence-electron chi connectivity index (χ3n) is 2.86. The molecule has 2 rings (SSSR count). The molecule has 19 heavy (non-hydrogen) atoms. The molecule has 7 heteroatoms. The van der Waals surface area contributed by atoms with Gasteiger partial charge in [0, 0.05) is 12.2 Å². The highest BCUT2D eigenvalue weighted by Crippen LogP contribution is 2.21. The number of anilines is 1. The van der Waals surface area contributed by atoms with Crippen molar-refractivity contribution in [2.45, 2.75) is 20.8 Å². The second kappa shape index (κ2) is 5.05. The van der Waals surface area contributed by atoms with Gasteiger partial charge in [0.1, 0.15) is 18.0 Å². The molecular weight excluding hydrogens is 246 g/mol. The molecule has 2 aromatic rings. The van der Waals surface area contributed by atoms with Crippen molar-refractivity contribution in [3.63, 3.8) is 0 Å². The van der Waals surface area contributed by atoms with E-state index in [2.05, 4.69) is 15.3 Å². The van der Waals surface area contributed by atoms with E-state index >= 15 is 0 Å². The Morgan fingerprint density at radius 2 is 2.16 bits per heavy atom. The second-order valence-electron chi connectivity index (χ2n) is 4.14. The lowest BCUT2D eigenvalue weighted by Gasteiger charge is -2.08. The fourth-order valence-corrected chi connectivity index (χ4v) is 1.73. The molecule has 0 fully saturated rings. The van der Waals surface area contributed by atoms with Gasteiger partial charge in [-0.15, -0.1) is 0 Å². The number of hydrogen-bond donors (Lipinski definition) is 1. The van der Waals surface area contributed by atoms with Gasteiger partial charge in [-0.1, -0.05) is 0 Å². The number of imidazole rings is 1. The van der Waals surface area contributed by atoms with Gasteiger partial charge in [-0.2, -0.15) is 0 Å². The van der Waals surface area contributed by atoms with Gasteiger partial charge >= 0.3 is 0 Å². The standard InChI is InChI=1S/C12H15N5O2/c1-4-13-11-5-10(17(18)19)6-12(15-11)16-7-14-8(2)9(16)3/h5-7H,4H2,1-3H3,(H,13,15). The molecule has 0 bridgehead atoms. The summed E-state index contributed by atoms with van der Waals surface area (Å²) in [4.78, 5) is 19.1. The van der Waals surface area contributed by atoms with Crippen molar-refractivity contribution in [3.8, 4) is 5.82 Å². The molecule has 7 nitrogen and oxygen atoms in total. The Labute approximate surface area is 110 Å². The van der Waals surface area contributed by atoms with Gasteiger partial charge in [-0.3, -0.25) is 14.7 Å². The highest BCUT2D eigenvalue weighted by molar-refractivity contribution is 5.51. The lowest BCUT2D eigenvalue weighted by Crippen LogP contribution is -2.05. The van der Waals surface area contributed by atoms with Crippen molar-refractivity contribution in [2.24, 2.45) is 0 Å². The van der Waals surface area contributed by atoms with E-state index in [0.717, 1.165) is 11.4 Å². The molecule has 0 saturated carbocycles. The molecule has 0 amide bonds. The van der Waals surface area contributed by atoms with E-state index in [1.807, 2.05) is 20.8 Å². The average Bonchev–Trinajstić information content (AvgIpc) is 2.70. The molecular formula is C12H15N5O2. The van der Waals surface area contributed by atoms with Crippen molar-refractivity contribution < 1.29 is 4.92 Å². The van der Waals surface area contributed by atoms with E-state index < -0.39 is 4.92 Å². The van der Waals surface area contributed by atoms with Crippen LogP contribution in [0.1, 0.15) is 18.3 Å². The van der Waals surface area contributed by atoms with Gasteiger partial charge in [0.15, 0.2) is 0 Å². The molecule has 100 valence electrons. The van der Waals surface area contributed by atoms with Crippen LogP contribution in [0.3, 0.4) is 0 Å². The van der Waals surface area contributed by atoms with Crippen molar-refractivity contribution in [1.29, 1.82) is 0 Å². The predicted molar refractivity (Wildman–Crippen MR) is 71.7 cm³/mol. The number of aryl methyl sites for hydroxylation is 1. The van der Waals surface area contributed by atoms with Crippen molar-refractivity contribution in [3.05, 3.63) is 40.0 Å². The number of pyridine rings is 1. The van der Waals surface area contributed by atoms with Gasteiger partial charge in [0.25, 0.3) is 5.69 Å². The minimum Gasteiger partial charge on any atom is -0.370 e. The largest absolute Gasteiger partial charge is 0.370 e. The first kappa shape index (κ1) is 13.0. The summed E-state index contributed by atoms with van der Waals surface area (Å²) < 4.78 is 1.74.